The normalized spacial score (nSPS) is 11.6. The van der Waals surface area contributed by atoms with Gasteiger partial charge in [-0.2, -0.15) is 5.10 Å². The number of benzene rings is 2. The van der Waals surface area contributed by atoms with E-state index < -0.39 is 6.04 Å². The molecule has 0 saturated carbocycles. The molecule has 1 heterocycles. The largest absolute Gasteiger partial charge is 0.490 e. The third-order valence-electron chi connectivity index (χ3n) is 4.65. The summed E-state index contributed by atoms with van der Waals surface area (Å²) in [6, 6.07) is 14.6. The first-order chi connectivity index (χ1) is 15.0. The van der Waals surface area contributed by atoms with Crippen LogP contribution < -0.4 is 19.5 Å². The molecular formula is C24H29N3O4. The quantitative estimate of drug-likeness (QED) is 0.509. The van der Waals surface area contributed by atoms with E-state index in [2.05, 4.69) is 10.4 Å². The van der Waals surface area contributed by atoms with Crippen molar-refractivity contribution in [3.63, 3.8) is 0 Å². The van der Waals surface area contributed by atoms with E-state index in [4.69, 9.17) is 14.2 Å². The van der Waals surface area contributed by atoms with Crippen LogP contribution in [0.3, 0.4) is 0 Å². The van der Waals surface area contributed by atoms with Crippen molar-refractivity contribution in [1.82, 2.24) is 9.78 Å². The summed E-state index contributed by atoms with van der Waals surface area (Å²) in [5, 5.41) is 7.20. The molecule has 1 aromatic heterocycles. The maximum absolute atomic E-state index is 12.5. The van der Waals surface area contributed by atoms with Crippen molar-refractivity contribution in [2.45, 2.75) is 40.3 Å². The Morgan fingerprint density at radius 2 is 1.71 bits per heavy atom. The van der Waals surface area contributed by atoms with Crippen LogP contribution in [0.1, 0.15) is 38.1 Å². The maximum atomic E-state index is 12.5. The molecule has 2 aromatic carbocycles. The van der Waals surface area contributed by atoms with Gasteiger partial charge in [0, 0.05) is 11.9 Å². The van der Waals surface area contributed by atoms with Crippen LogP contribution >= 0.6 is 0 Å². The average molecular weight is 424 g/mol. The molecular weight excluding hydrogens is 394 g/mol. The number of nitrogens with one attached hydrogen (secondary N) is 1. The minimum absolute atomic E-state index is 0.130. The van der Waals surface area contributed by atoms with Gasteiger partial charge >= 0.3 is 0 Å². The number of anilines is 1. The van der Waals surface area contributed by atoms with Crippen molar-refractivity contribution >= 4 is 11.6 Å². The fraction of sp³-hybridized carbons (Fsp3) is 0.333. The zero-order valence-corrected chi connectivity index (χ0v) is 18.4. The third kappa shape index (κ3) is 6.01. The Balaban J connectivity index is 1.57. The second-order valence-corrected chi connectivity index (χ2v) is 7.06. The number of carbonyl (C=O) groups is 1. The molecule has 1 amide bonds. The Hall–Kier alpha value is -3.48. The first kappa shape index (κ1) is 22.2. The van der Waals surface area contributed by atoms with Crippen LogP contribution in [0, 0.1) is 6.92 Å². The predicted molar refractivity (Wildman–Crippen MR) is 120 cm³/mol. The molecule has 0 aliphatic carbocycles. The molecule has 1 atom stereocenters. The monoisotopic (exact) mass is 423 g/mol. The SMILES string of the molecule is CCOc1ccc(COc2ccc(NC(=O)C(C)n3ccc(C)n3)cc2)cc1OCC. The number of hydrogen-bond acceptors (Lipinski definition) is 5. The van der Waals surface area contributed by atoms with E-state index >= 15 is 0 Å². The summed E-state index contributed by atoms with van der Waals surface area (Å²) >= 11 is 0. The number of aryl methyl sites for hydroxylation is 1. The van der Waals surface area contributed by atoms with Crippen molar-refractivity contribution in [1.29, 1.82) is 0 Å². The molecule has 31 heavy (non-hydrogen) atoms. The summed E-state index contributed by atoms with van der Waals surface area (Å²) in [5.74, 6) is 2.02. The fourth-order valence-corrected chi connectivity index (χ4v) is 3.00. The maximum Gasteiger partial charge on any atom is 0.248 e. The zero-order valence-electron chi connectivity index (χ0n) is 18.4. The molecule has 0 aliphatic heterocycles. The van der Waals surface area contributed by atoms with Crippen LogP contribution in [-0.4, -0.2) is 28.9 Å². The molecule has 0 saturated heterocycles. The van der Waals surface area contributed by atoms with Gasteiger partial charge in [0.2, 0.25) is 5.91 Å². The predicted octanol–water partition coefficient (Wildman–Crippen LogP) is 4.77. The van der Waals surface area contributed by atoms with Crippen molar-refractivity contribution in [3.8, 4) is 17.2 Å². The molecule has 1 unspecified atom stereocenters. The minimum Gasteiger partial charge on any atom is -0.490 e. The highest BCUT2D eigenvalue weighted by Crippen LogP contribution is 2.29. The van der Waals surface area contributed by atoms with Crippen LogP contribution in [0.4, 0.5) is 5.69 Å². The van der Waals surface area contributed by atoms with Crippen LogP contribution in [0.2, 0.25) is 0 Å². The van der Waals surface area contributed by atoms with E-state index in [0.717, 1.165) is 17.0 Å². The number of rotatable bonds is 10. The fourth-order valence-electron chi connectivity index (χ4n) is 3.00. The van der Waals surface area contributed by atoms with Crippen LogP contribution in [0.15, 0.2) is 54.7 Å². The van der Waals surface area contributed by atoms with E-state index in [0.29, 0.717) is 37.0 Å². The number of amides is 1. The Morgan fingerprint density at radius 1 is 1.00 bits per heavy atom. The molecule has 0 fully saturated rings. The second kappa shape index (κ2) is 10.5. The Labute approximate surface area is 182 Å². The average Bonchev–Trinajstić information content (AvgIpc) is 3.21. The molecule has 3 aromatic rings. The van der Waals surface area contributed by atoms with Crippen molar-refractivity contribution in [2.24, 2.45) is 0 Å². The lowest BCUT2D eigenvalue weighted by atomic mass is 10.2. The van der Waals surface area contributed by atoms with Crippen molar-refractivity contribution in [3.05, 3.63) is 66.0 Å². The van der Waals surface area contributed by atoms with Gasteiger partial charge in [-0.1, -0.05) is 6.07 Å². The molecule has 7 nitrogen and oxygen atoms in total. The Kier molecular flexibility index (Phi) is 7.54. The zero-order chi connectivity index (χ0) is 22.2. The molecule has 0 aliphatic rings. The molecule has 0 spiro atoms. The molecule has 7 heteroatoms. The number of carbonyl (C=O) groups excluding carboxylic acids is 1. The molecule has 0 bridgehead atoms. The summed E-state index contributed by atoms with van der Waals surface area (Å²) < 4.78 is 18.8. The topological polar surface area (TPSA) is 74.6 Å². The first-order valence-electron chi connectivity index (χ1n) is 10.4. The van der Waals surface area contributed by atoms with Gasteiger partial charge < -0.3 is 19.5 Å². The van der Waals surface area contributed by atoms with E-state index in [9.17, 15) is 4.79 Å². The van der Waals surface area contributed by atoms with Gasteiger partial charge in [-0.05, 0) is 75.7 Å². The summed E-state index contributed by atoms with van der Waals surface area (Å²) in [5.41, 5.74) is 2.56. The highest BCUT2D eigenvalue weighted by molar-refractivity contribution is 5.93. The van der Waals surface area contributed by atoms with E-state index in [1.807, 2.05) is 76.2 Å². The Bertz CT molecular complexity index is 998. The smallest absolute Gasteiger partial charge is 0.248 e. The highest BCUT2D eigenvalue weighted by atomic mass is 16.5. The number of aromatic nitrogens is 2. The van der Waals surface area contributed by atoms with Gasteiger partial charge in [0.1, 0.15) is 18.4 Å². The van der Waals surface area contributed by atoms with Gasteiger partial charge in [-0.25, -0.2) is 0 Å². The van der Waals surface area contributed by atoms with Crippen LogP contribution in [0.25, 0.3) is 0 Å². The molecule has 3 rings (SSSR count). The minimum atomic E-state index is -0.399. The van der Waals surface area contributed by atoms with Gasteiger partial charge in [0.05, 0.1) is 18.9 Å². The molecule has 164 valence electrons. The highest BCUT2D eigenvalue weighted by Gasteiger charge is 2.15. The lowest BCUT2D eigenvalue weighted by Gasteiger charge is -2.14. The van der Waals surface area contributed by atoms with E-state index in [-0.39, 0.29) is 5.91 Å². The second-order valence-electron chi connectivity index (χ2n) is 7.06. The van der Waals surface area contributed by atoms with Gasteiger partial charge in [0.25, 0.3) is 0 Å². The first-order valence-corrected chi connectivity index (χ1v) is 10.4. The van der Waals surface area contributed by atoms with Gasteiger partial charge in [-0.3, -0.25) is 9.48 Å². The lowest BCUT2D eigenvalue weighted by molar-refractivity contribution is -0.119. The van der Waals surface area contributed by atoms with Crippen molar-refractivity contribution < 1.29 is 19.0 Å². The number of nitrogens with zero attached hydrogens (tertiary/aromatic N) is 2. The lowest BCUT2D eigenvalue weighted by Crippen LogP contribution is -2.24. The van der Waals surface area contributed by atoms with E-state index in [1.165, 1.54) is 0 Å². The summed E-state index contributed by atoms with van der Waals surface area (Å²) in [6.07, 6.45) is 1.80. The third-order valence-corrected chi connectivity index (χ3v) is 4.65. The molecule has 1 N–H and O–H groups in total. The summed E-state index contributed by atoms with van der Waals surface area (Å²) in [4.78, 5) is 12.5. The summed E-state index contributed by atoms with van der Waals surface area (Å²) in [6.45, 7) is 9.13. The summed E-state index contributed by atoms with van der Waals surface area (Å²) in [7, 11) is 0. The van der Waals surface area contributed by atoms with Crippen LogP contribution in [-0.2, 0) is 11.4 Å². The molecule has 0 radical (unpaired) electrons. The van der Waals surface area contributed by atoms with Gasteiger partial charge in [-0.15, -0.1) is 0 Å². The number of ether oxygens (including phenoxy) is 3. The van der Waals surface area contributed by atoms with Crippen molar-refractivity contribution in [2.75, 3.05) is 18.5 Å². The van der Waals surface area contributed by atoms with Crippen LogP contribution in [0.5, 0.6) is 17.2 Å². The van der Waals surface area contributed by atoms with E-state index in [1.54, 1.807) is 10.9 Å². The van der Waals surface area contributed by atoms with Gasteiger partial charge in [0.15, 0.2) is 11.5 Å². The number of hydrogen-bond donors (Lipinski definition) is 1. The Morgan fingerprint density at radius 3 is 2.35 bits per heavy atom. The standard InChI is InChI=1S/C24H29N3O4/c1-5-29-22-12-7-19(15-23(22)30-6-2)16-31-21-10-8-20(9-11-21)25-24(28)18(4)27-14-13-17(3)26-27/h7-15,18H,5-6,16H2,1-4H3,(H,25,28).